The number of carboxylic acid groups (broad SMARTS) is 1. The van der Waals surface area contributed by atoms with Gasteiger partial charge in [-0.2, -0.15) is 0 Å². The van der Waals surface area contributed by atoms with Crippen molar-refractivity contribution < 1.29 is 19.4 Å². The lowest BCUT2D eigenvalue weighted by molar-refractivity contribution is -0.147. The highest BCUT2D eigenvalue weighted by Crippen LogP contribution is 2.18. The van der Waals surface area contributed by atoms with Crippen LogP contribution in [0.15, 0.2) is 5.51 Å². The van der Waals surface area contributed by atoms with E-state index in [2.05, 4.69) is 4.98 Å². The van der Waals surface area contributed by atoms with Gasteiger partial charge >= 0.3 is 5.97 Å². The van der Waals surface area contributed by atoms with Crippen molar-refractivity contribution >= 4 is 23.2 Å². The number of amides is 1. The molecule has 0 radical (unpaired) electrons. The molecule has 2 rings (SSSR count). The van der Waals surface area contributed by atoms with Gasteiger partial charge < -0.3 is 14.7 Å². The monoisotopic (exact) mass is 256 g/mol. The van der Waals surface area contributed by atoms with Crippen molar-refractivity contribution in [1.82, 2.24) is 9.88 Å². The number of nitrogens with zero attached hydrogens (tertiary/aromatic N) is 2. The normalized spacial score (nSPS) is 20.3. The minimum absolute atomic E-state index is 0.0406. The van der Waals surface area contributed by atoms with Crippen LogP contribution in [-0.2, 0) is 9.53 Å². The maximum absolute atomic E-state index is 12.2. The summed E-state index contributed by atoms with van der Waals surface area (Å²) in [5.41, 5.74) is 2.22. The zero-order chi connectivity index (χ0) is 12.4. The summed E-state index contributed by atoms with van der Waals surface area (Å²) in [6.07, 6.45) is 0. The van der Waals surface area contributed by atoms with Crippen LogP contribution in [0.3, 0.4) is 0 Å². The fourth-order valence-electron chi connectivity index (χ4n) is 1.69. The van der Waals surface area contributed by atoms with Gasteiger partial charge in [-0.05, 0) is 6.92 Å². The lowest BCUT2D eigenvalue weighted by atomic mass is 10.2. The van der Waals surface area contributed by atoms with Crippen LogP contribution >= 0.6 is 11.3 Å². The van der Waals surface area contributed by atoms with E-state index in [0.717, 1.165) is 0 Å². The Labute approximate surface area is 102 Å². The molecule has 1 aromatic heterocycles. The predicted octanol–water partition coefficient (Wildman–Crippen LogP) is 0.377. The van der Waals surface area contributed by atoms with E-state index in [1.165, 1.54) is 16.2 Å². The Hall–Kier alpha value is -1.47. The van der Waals surface area contributed by atoms with E-state index in [4.69, 9.17) is 9.84 Å². The lowest BCUT2D eigenvalue weighted by Gasteiger charge is -2.32. The van der Waals surface area contributed by atoms with Crippen LogP contribution in [0, 0.1) is 6.92 Å². The molecule has 1 aromatic rings. The van der Waals surface area contributed by atoms with Crippen LogP contribution in [0.5, 0.6) is 0 Å². The van der Waals surface area contributed by atoms with Crippen molar-refractivity contribution in [3.63, 3.8) is 0 Å². The molecular formula is C10H12N2O4S. The zero-order valence-electron chi connectivity index (χ0n) is 9.25. The highest BCUT2D eigenvalue weighted by atomic mass is 32.1. The summed E-state index contributed by atoms with van der Waals surface area (Å²) in [7, 11) is 0. The van der Waals surface area contributed by atoms with Crippen LogP contribution in [0.2, 0.25) is 0 Å². The fourth-order valence-corrected chi connectivity index (χ4v) is 2.45. The summed E-state index contributed by atoms with van der Waals surface area (Å²) in [5, 5.41) is 9.04. The summed E-state index contributed by atoms with van der Waals surface area (Å²) < 4.78 is 5.08. The Balaban J connectivity index is 2.23. The number of aryl methyl sites for hydroxylation is 1. The van der Waals surface area contributed by atoms with Gasteiger partial charge in [-0.1, -0.05) is 0 Å². The topological polar surface area (TPSA) is 79.7 Å². The van der Waals surface area contributed by atoms with Crippen molar-refractivity contribution in [2.45, 2.75) is 13.0 Å². The Morgan fingerprint density at radius 3 is 3.00 bits per heavy atom. The minimum Gasteiger partial charge on any atom is -0.480 e. The van der Waals surface area contributed by atoms with Gasteiger partial charge in [0.15, 0.2) is 6.04 Å². The molecule has 0 saturated carbocycles. The molecule has 1 atom stereocenters. The molecule has 1 N–H and O–H groups in total. The van der Waals surface area contributed by atoms with Crippen LogP contribution < -0.4 is 0 Å². The molecule has 6 nitrogen and oxygen atoms in total. The molecule has 0 aromatic carbocycles. The number of ether oxygens (including phenoxy) is 1. The number of rotatable bonds is 2. The van der Waals surface area contributed by atoms with Gasteiger partial charge in [-0.15, -0.1) is 11.3 Å². The van der Waals surface area contributed by atoms with Gasteiger partial charge in [0.2, 0.25) is 0 Å². The van der Waals surface area contributed by atoms with Crippen molar-refractivity contribution in [3.8, 4) is 0 Å². The molecule has 92 valence electrons. The Bertz CT molecular complexity index is 445. The molecule has 1 amide bonds. The van der Waals surface area contributed by atoms with Crippen LogP contribution in [0.4, 0.5) is 0 Å². The second-order valence-electron chi connectivity index (χ2n) is 3.69. The van der Waals surface area contributed by atoms with E-state index in [-0.39, 0.29) is 12.5 Å². The number of aliphatic carboxylic acids is 1. The summed E-state index contributed by atoms with van der Waals surface area (Å²) in [6, 6.07) is -0.905. The summed E-state index contributed by atoms with van der Waals surface area (Å²) in [5.74, 6) is -1.32. The predicted molar refractivity (Wildman–Crippen MR) is 60.1 cm³/mol. The van der Waals surface area contributed by atoms with E-state index in [1.54, 1.807) is 12.4 Å². The second kappa shape index (κ2) is 4.80. The molecule has 7 heteroatoms. The van der Waals surface area contributed by atoms with Crippen molar-refractivity contribution in [1.29, 1.82) is 0 Å². The third-order valence-corrected chi connectivity index (χ3v) is 3.53. The number of hydrogen-bond acceptors (Lipinski definition) is 5. The molecule has 0 aliphatic carbocycles. The van der Waals surface area contributed by atoms with Crippen LogP contribution in [-0.4, -0.2) is 52.7 Å². The maximum Gasteiger partial charge on any atom is 0.328 e. The highest BCUT2D eigenvalue weighted by molar-refractivity contribution is 7.11. The fraction of sp³-hybridized carbons (Fsp3) is 0.500. The first-order chi connectivity index (χ1) is 8.11. The molecule has 1 aliphatic rings. The molecule has 0 unspecified atom stereocenters. The highest BCUT2D eigenvalue weighted by Gasteiger charge is 2.34. The molecule has 1 fully saturated rings. The Morgan fingerprint density at radius 2 is 2.41 bits per heavy atom. The standard InChI is InChI=1S/C10H12N2O4S/c1-6-8(17-5-11-6)9(13)12-2-3-16-4-7(12)10(14)15/h5,7H,2-4H2,1H3,(H,14,15)/t7-/m0/s1. The van der Waals surface area contributed by atoms with Crippen molar-refractivity contribution in [2.75, 3.05) is 19.8 Å². The van der Waals surface area contributed by atoms with Gasteiger partial charge in [0, 0.05) is 6.54 Å². The largest absolute Gasteiger partial charge is 0.480 e. The number of carbonyl (C=O) groups excluding carboxylic acids is 1. The van der Waals surface area contributed by atoms with Gasteiger partial charge in [0.25, 0.3) is 5.91 Å². The van der Waals surface area contributed by atoms with Gasteiger partial charge in [0.1, 0.15) is 4.88 Å². The van der Waals surface area contributed by atoms with E-state index >= 15 is 0 Å². The molecule has 17 heavy (non-hydrogen) atoms. The molecule has 0 spiro atoms. The van der Waals surface area contributed by atoms with Crippen molar-refractivity contribution in [3.05, 3.63) is 16.1 Å². The number of carbonyl (C=O) groups is 2. The zero-order valence-corrected chi connectivity index (χ0v) is 10.1. The molecular weight excluding hydrogens is 244 g/mol. The first-order valence-corrected chi connectivity index (χ1v) is 6.01. The smallest absolute Gasteiger partial charge is 0.328 e. The number of hydrogen-bond donors (Lipinski definition) is 1. The van der Waals surface area contributed by atoms with Gasteiger partial charge in [-0.25, -0.2) is 9.78 Å². The maximum atomic E-state index is 12.2. The van der Waals surface area contributed by atoms with Gasteiger partial charge in [0.05, 0.1) is 24.4 Å². The third-order valence-electron chi connectivity index (χ3n) is 2.61. The SMILES string of the molecule is Cc1ncsc1C(=O)N1CCOC[C@H]1C(=O)O. The third kappa shape index (κ3) is 2.29. The summed E-state index contributed by atoms with van der Waals surface area (Å²) >= 11 is 1.23. The van der Waals surface area contributed by atoms with E-state index < -0.39 is 12.0 Å². The Kier molecular flexibility index (Phi) is 3.39. The first kappa shape index (κ1) is 12.0. The molecule has 2 heterocycles. The van der Waals surface area contributed by atoms with Gasteiger partial charge in [-0.3, -0.25) is 4.79 Å². The number of thiazole rings is 1. The Morgan fingerprint density at radius 1 is 1.65 bits per heavy atom. The average molecular weight is 256 g/mol. The minimum atomic E-state index is -1.04. The van der Waals surface area contributed by atoms with E-state index in [9.17, 15) is 9.59 Å². The summed E-state index contributed by atoms with van der Waals surface area (Å²) in [4.78, 5) is 29.0. The van der Waals surface area contributed by atoms with E-state index in [1.807, 2.05) is 0 Å². The van der Waals surface area contributed by atoms with Crippen molar-refractivity contribution in [2.24, 2.45) is 0 Å². The molecule has 1 aliphatic heterocycles. The van der Waals surface area contributed by atoms with Crippen LogP contribution in [0.1, 0.15) is 15.4 Å². The first-order valence-electron chi connectivity index (χ1n) is 5.13. The quantitative estimate of drug-likeness (QED) is 0.827. The van der Waals surface area contributed by atoms with E-state index in [0.29, 0.717) is 23.7 Å². The number of aromatic nitrogens is 1. The van der Waals surface area contributed by atoms with Crippen LogP contribution in [0.25, 0.3) is 0 Å². The number of carboxylic acids is 1. The second-order valence-corrected chi connectivity index (χ2v) is 4.55. The molecule has 1 saturated heterocycles. The average Bonchev–Trinajstić information content (AvgIpc) is 2.74. The number of morpholine rings is 1. The summed E-state index contributed by atoms with van der Waals surface area (Å²) in [6.45, 7) is 2.44. The molecule has 0 bridgehead atoms. The lowest BCUT2D eigenvalue weighted by Crippen LogP contribution is -2.52.